The second kappa shape index (κ2) is 10.5. The Bertz CT molecular complexity index is 1150. The molecule has 1 N–H and O–H groups in total. The zero-order chi connectivity index (χ0) is 25.0. The van der Waals surface area contributed by atoms with E-state index in [0.717, 1.165) is 4.90 Å². The summed E-state index contributed by atoms with van der Waals surface area (Å²) in [6.07, 6.45) is -1.09. The molecule has 2 aromatic rings. The fraction of sp³-hybridized carbons (Fsp3) is 0.320. The van der Waals surface area contributed by atoms with Gasteiger partial charge in [-0.25, -0.2) is 4.79 Å². The fourth-order valence-electron chi connectivity index (χ4n) is 3.47. The summed E-state index contributed by atoms with van der Waals surface area (Å²) in [5.74, 6) is -0.785. The highest BCUT2D eigenvalue weighted by Crippen LogP contribution is 2.41. The van der Waals surface area contributed by atoms with E-state index in [-0.39, 0.29) is 31.9 Å². The van der Waals surface area contributed by atoms with Gasteiger partial charge < -0.3 is 24.1 Å². The molecule has 9 nitrogen and oxygen atoms in total. The third-order valence-electron chi connectivity index (χ3n) is 5.19. The van der Waals surface area contributed by atoms with Crippen molar-refractivity contribution in [3.05, 3.63) is 59.7 Å². The molecule has 0 saturated carbocycles. The Balaban J connectivity index is 1.88. The number of nitrogens with zero attached hydrogens (tertiary/aromatic N) is 1. The molecule has 0 spiro atoms. The van der Waals surface area contributed by atoms with Gasteiger partial charge in [0, 0.05) is 22.1 Å². The number of aliphatic hydroxyl groups excluding tert-OH is 1. The van der Waals surface area contributed by atoms with E-state index >= 15 is 0 Å². The van der Waals surface area contributed by atoms with Crippen LogP contribution in [-0.4, -0.2) is 67.6 Å². The van der Waals surface area contributed by atoms with Gasteiger partial charge in [0.2, 0.25) is 0 Å². The van der Waals surface area contributed by atoms with E-state index in [1.807, 2.05) is 0 Å². The molecule has 1 atom stereocenters. The Labute approximate surface area is 197 Å². The third kappa shape index (κ3) is 4.95. The maximum atomic E-state index is 13.1. The van der Waals surface area contributed by atoms with Gasteiger partial charge in [-0.1, -0.05) is 13.2 Å². The Morgan fingerprint density at radius 1 is 0.971 bits per heavy atom. The van der Waals surface area contributed by atoms with E-state index in [1.54, 1.807) is 31.2 Å². The monoisotopic (exact) mass is 469 g/mol. The molecule has 180 valence electrons. The van der Waals surface area contributed by atoms with Gasteiger partial charge in [-0.15, -0.1) is 0 Å². The number of amides is 2. The first-order valence-electron chi connectivity index (χ1n) is 10.6. The van der Waals surface area contributed by atoms with Crippen LogP contribution in [0, 0.1) is 0 Å². The van der Waals surface area contributed by atoms with Crippen molar-refractivity contribution in [2.75, 3.05) is 33.5 Å². The molecule has 1 aliphatic heterocycles. The average Bonchev–Trinajstić information content (AvgIpc) is 2.81. The summed E-state index contributed by atoms with van der Waals surface area (Å²) in [4.78, 5) is 39.0. The molecule has 2 amide bonds. The minimum Gasteiger partial charge on any atom is -0.496 e. The number of esters is 1. The number of hydrogen-bond donors (Lipinski definition) is 1. The van der Waals surface area contributed by atoms with Crippen molar-refractivity contribution in [3.8, 4) is 11.5 Å². The first-order chi connectivity index (χ1) is 16.2. The summed E-state index contributed by atoms with van der Waals surface area (Å²) in [6, 6.07) is 6.41. The summed E-state index contributed by atoms with van der Waals surface area (Å²) in [6.45, 7) is 10.2. The summed E-state index contributed by atoms with van der Waals surface area (Å²) in [5, 5.41) is 10.6. The lowest BCUT2D eigenvalue weighted by Crippen LogP contribution is -2.42. The van der Waals surface area contributed by atoms with Crippen molar-refractivity contribution in [3.63, 3.8) is 0 Å². The summed E-state index contributed by atoms with van der Waals surface area (Å²) >= 11 is 0. The van der Waals surface area contributed by atoms with Crippen LogP contribution in [0.5, 0.6) is 11.5 Å². The molecule has 0 aliphatic carbocycles. The number of aliphatic hydroxyl groups is 1. The van der Waals surface area contributed by atoms with E-state index in [4.69, 9.17) is 18.9 Å². The molecule has 1 aliphatic rings. The Morgan fingerprint density at radius 2 is 1.59 bits per heavy atom. The number of imide groups is 1. The summed E-state index contributed by atoms with van der Waals surface area (Å²) in [5.41, 5.74) is 1.30. The second-order valence-corrected chi connectivity index (χ2v) is 7.77. The van der Waals surface area contributed by atoms with E-state index in [9.17, 15) is 19.5 Å². The minimum absolute atomic E-state index is 0.0911. The highest BCUT2D eigenvalue weighted by molar-refractivity contribution is 6.26. The fourth-order valence-corrected chi connectivity index (χ4v) is 3.47. The maximum absolute atomic E-state index is 13.1. The van der Waals surface area contributed by atoms with Crippen molar-refractivity contribution in [2.24, 2.45) is 0 Å². The highest BCUT2D eigenvalue weighted by Gasteiger charge is 2.34. The molecule has 1 unspecified atom stereocenters. The van der Waals surface area contributed by atoms with E-state index < -0.39 is 24.1 Å². The molecule has 3 rings (SSSR count). The molecule has 1 heterocycles. The van der Waals surface area contributed by atoms with Crippen LogP contribution in [0.3, 0.4) is 0 Å². The zero-order valence-corrected chi connectivity index (χ0v) is 19.4. The minimum atomic E-state index is -1.09. The number of ether oxygens (including phenoxy) is 4. The van der Waals surface area contributed by atoms with Crippen LogP contribution >= 0.6 is 0 Å². The normalized spacial score (nSPS) is 13.6. The van der Waals surface area contributed by atoms with Crippen LogP contribution < -0.4 is 9.47 Å². The molecule has 0 aromatic heterocycles. The number of carbonyl (C=O) groups is 3. The number of carbonyl (C=O) groups excluding carboxylic acids is 3. The summed E-state index contributed by atoms with van der Waals surface area (Å²) < 4.78 is 21.6. The van der Waals surface area contributed by atoms with Crippen LogP contribution in [0.2, 0.25) is 0 Å². The molecule has 0 saturated heterocycles. The smallest absolute Gasteiger partial charge is 0.333 e. The second-order valence-electron chi connectivity index (χ2n) is 7.77. The quantitative estimate of drug-likeness (QED) is 0.134. The number of hydrogen-bond acceptors (Lipinski definition) is 8. The Morgan fingerprint density at radius 3 is 2.15 bits per heavy atom. The van der Waals surface area contributed by atoms with Crippen LogP contribution in [0.25, 0.3) is 10.8 Å². The van der Waals surface area contributed by atoms with Crippen molar-refractivity contribution in [1.29, 1.82) is 0 Å². The number of rotatable bonds is 11. The van der Waals surface area contributed by atoms with Gasteiger partial charge in [0.25, 0.3) is 11.8 Å². The molecule has 0 fully saturated rings. The van der Waals surface area contributed by atoms with Crippen LogP contribution in [0.1, 0.15) is 34.6 Å². The van der Waals surface area contributed by atoms with Gasteiger partial charge in [0.15, 0.2) is 6.29 Å². The van der Waals surface area contributed by atoms with Crippen molar-refractivity contribution in [1.82, 2.24) is 4.90 Å². The molecule has 9 heteroatoms. The number of benzene rings is 2. The topological polar surface area (TPSA) is 112 Å². The van der Waals surface area contributed by atoms with Gasteiger partial charge in [0.05, 0.1) is 25.6 Å². The molecular formula is C25H27NO8. The van der Waals surface area contributed by atoms with Crippen LogP contribution in [0.15, 0.2) is 48.6 Å². The lowest BCUT2D eigenvalue weighted by Gasteiger charge is -2.28. The van der Waals surface area contributed by atoms with Crippen LogP contribution in [0.4, 0.5) is 0 Å². The SMILES string of the molecule is C=C(C)C(=O)OCCN1C(=O)c2ccc(OC)c3c(OCCOC(O)C(=C)C)ccc(c23)C1=O. The first-order valence-corrected chi connectivity index (χ1v) is 10.6. The first kappa shape index (κ1) is 24.9. The van der Waals surface area contributed by atoms with Crippen molar-refractivity contribution < 1.29 is 38.4 Å². The van der Waals surface area contributed by atoms with Gasteiger partial charge in [-0.2, -0.15) is 0 Å². The lowest BCUT2D eigenvalue weighted by molar-refractivity contribution is -0.139. The largest absolute Gasteiger partial charge is 0.496 e. The van der Waals surface area contributed by atoms with E-state index in [1.165, 1.54) is 14.0 Å². The third-order valence-corrected chi connectivity index (χ3v) is 5.19. The van der Waals surface area contributed by atoms with Gasteiger partial charge >= 0.3 is 5.97 Å². The van der Waals surface area contributed by atoms with E-state index in [0.29, 0.717) is 39.0 Å². The predicted molar refractivity (Wildman–Crippen MR) is 124 cm³/mol. The Hall–Kier alpha value is -3.69. The molecule has 34 heavy (non-hydrogen) atoms. The van der Waals surface area contributed by atoms with E-state index in [2.05, 4.69) is 13.2 Å². The average molecular weight is 469 g/mol. The van der Waals surface area contributed by atoms with Gasteiger partial charge in [-0.05, 0) is 43.7 Å². The maximum Gasteiger partial charge on any atom is 0.333 e. The zero-order valence-electron chi connectivity index (χ0n) is 19.4. The number of methoxy groups -OCH3 is 1. The predicted octanol–water partition coefficient (Wildman–Crippen LogP) is 2.85. The summed E-state index contributed by atoms with van der Waals surface area (Å²) in [7, 11) is 1.48. The van der Waals surface area contributed by atoms with Crippen molar-refractivity contribution >= 4 is 28.6 Å². The molecule has 2 aromatic carbocycles. The Kier molecular flexibility index (Phi) is 7.70. The van der Waals surface area contributed by atoms with Gasteiger partial charge in [-0.3, -0.25) is 14.5 Å². The van der Waals surface area contributed by atoms with Crippen LogP contribution in [-0.2, 0) is 14.3 Å². The lowest BCUT2D eigenvalue weighted by atomic mass is 9.93. The van der Waals surface area contributed by atoms with Gasteiger partial charge in [0.1, 0.15) is 24.7 Å². The van der Waals surface area contributed by atoms with Crippen molar-refractivity contribution in [2.45, 2.75) is 20.1 Å². The standard InChI is InChI=1S/C25H27NO8/c1-14(2)24(29)33-11-10-26-22(27)16-6-8-18(31-5)21-19(9-7-17(20(16)21)23(26)28)32-12-13-34-25(30)15(3)4/h6-9,25,30H,1,3,10-13H2,2,4-5H3. The molecule has 0 radical (unpaired) electrons. The molecule has 0 bridgehead atoms. The highest BCUT2D eigenvalue weighted by atomic mass is 16.6. The molecular weight excluding hydrogens is 442 g/mol.